The molecule has 17 heavy (non-hydrogen) atoms. The van der Waals surface area contributed by atoms with E-state index in [0.717, 1.165) is 25.2 Å². The minimum Gasteiger partial charge on any atom is -0.475 e. The van der Waals surface area contributed by atoms with Gasteiger partial charge in [-0.2, -0.15) is 0 Å². The van der Waals surface area contributed by atoms with Crippen molar-refractivity contribution in [1.29, 1.82) is 0 Å². The molecule has 1 unspecified atom stereocenters. The first-order valence-electron chi connectivity index (χ1n) is 5.98. The average Bonchev–Trinajstić information content (AvgIpc) is 2.24. The van der Waals surface area contributed by atoms with Crippen LogP contribution in [0.15, 0.2) is 12.4 Å². The molecule has 1 heterocycles. The molecule has 0 saturated carbocycles. The third-order valence-electron chi connectivity index (χ3n) is 2.10. The van der Waals surface area contributed by atoms with E-state index in [9.17, 15) is 0 Å². The highest BCUT2D eigenvalue weighted by Gasteiger charge is 2.02. The van der Waals surface area contributed by atoms with Crippen LogP contribution in [0.2, 0.25) is 0 Å². The van der Waals surface area contributed by atoms with Gasteiger partial charge in [0.1, 0.15) is 12.1 Å². The first-order valence-corrected chi connectivity index (χ1v) is 5.98. The highest BCUT2D eigenvalue weighted by atomic mass is 16.5. The summed E-state index contributed by atoms with van der Waals surface area (Å²) in [5.41, 5.74) is 0. The number of rotatable bonds is 7. The third-order valence-corrected chi connectivity index (χ3v) is 2.10. The van der Waals surface area contributed by atoms with Gasteiger partial charge in [-0.3, -0.25) is 0 Å². The third kappa shape index (κ3) is 6.06. The highest BCUT2D eigenvalue weighted by Crippen LogP contribution is 2.12. The van der Waals surface area contributed by atoms with Gasteiger partial charge in [0.15, 0.2) is 0 Å². The van der Waals surface area contributed by atoms with Crippen LogP contribution in [0.5, 0.6) is 5.88 Å². The normalized spacial score (nSPS) is 12.5. The lowest BCUT2D eigenvalue weighted by Gasteiger charge is -2.10. The summed E-state index contributed by atoms with van der Waals surface area (Å²) < 4.78 is 5.47. The summed E-state index contributed by atoms with van der Waals surface area (Å²) >= 11 is 0. The van der Waals surface area contributed by atoms with Crippen molar-refractivity contribution >= 4 is 5.82 Å². The largest absolute Gasteiger partial charge is 0.475 e. The lowest BCUT2D eigenvalue weighted by Crippen LogP contribution is -2.10. The first-order chi connectivity index (χ1) is 8.08. The second-order valence-electron chi connectivity index (χ2n) is 4.33. The van der Waals surface area contributed by atoms with Crippen LogP contribution < -0.4 is 10.1 Å². The molecule has 5 heteroatoms. The summed E-state index contributed by atoms with van der Waals surface area (Å²) in [6.07, 6.45) is 3.03. The maximum atomic E-state index is 9.12. The summed E-state index contributed by atoms with van der Waals surface area (Å²) in [6, 6.07) is 1.78. The van der Waals surface area contributed by atoms with Crippen molar-refractivity contribution in [3.8, 4) is 5.88 Å². The Hall–Kier alpha value is -1.36. The lowest BCUT2D eigenvalue weighted by molar-refractivity contribution is 0.183. The quantitative estimate of drug-likeness (QED) is 0.711. The molecule has 0 aliphatic heterocycles. The Kier molecular flexibility index (Phi) is 5.69. The summed E-state index contributed by atoms with van der Waals surface area (Å²) in [7, 11) is 0. The predicted molar refractivity (Wildman–Crippen MR) is 67.2 cm³/mol. The Bertz CT molecular complexity index is 329. The van der Waals surface area contributed by atoms with Crippen LogP contribution in [-0.2, 0) is 0 Å². The molecular formula is C12H21N3O2. The summed E-state index contributed by atoms with van der Waals surface area (Å²) in [4.78, 5) is 8.12. The maximum absolute atomic E-state index is 9.12. The minimum atomic E-state index is -0.248. The van der Waals surface area contributed by atoms with Crippen LogP contribution in [0.25, 0.3) is 0 Å². The predicted octanol–water partition coefficient (Wildman–Crippen LogP) is 1.84. The number of aliphatic hydroxyl groups is 1. The van der Waals surface area contributed by atoms with Gasteiger partial charge >= 0.3 is 0 Å². The fraction of sp³-hybridized carbons (Fsp3) is 0.667. The van der Waals surface area contributed by atoms with Gasteiger partial charge < -0.3 is 15.2 Å². The fourth-order valence-electron chi connectivity index (χ4n) is 1.36. The molecule has 0 saturated heterocycles. The lowest BCUT2D eigenvalue weighted by atomic mass is 10.2. The van der Waals surface area contributed by atoms with E-state index < -0.39 is 0 Å². The van der Waals surface area contributed by atoms with Gasteiger partial charge in [0.2, 0.25) is 5.88 Å². The molecule has 1 rings (SSSR count). The van der Waals surface area contributed by atoms with Crippen LogP contribution >= 0.6 is 0 Å². The van der Waals surface area contributed by atoms with Crippen LogP contribution in [-0.4, -0.2) is 33.8 Å². The van der Waals surface area contributed by atoms with E-state index in [1.165, 1.54) is 6.33 Å². The van der Waals surface area contributed by atoms with E-state index in [1.807, 2.05) is 13.8 Å². The molecule has 0 fully saturated rings. The summed E-state index contributed by atoms with van der Waals surface area (Å²) in [5, 5.41) is 12.3. The molecule has 2 N–H and O–H groups in total. The molecule has 5 nitrogen and oxygen atoms in total. The van der Waals surface area contributed by atoms with E-state index in [-0.39, 0.29) is 12.2 Å². The van der Waals surface area contributed by atoms with Crippen LogP contribution in [0, 0.1) is 0 Å². The number of aliphatic hydroxyl groups excluding tert-OH is 1. The number of hydrogen-bond donors (Lipinski definition) is 2. The van der Waals surface area contributed by atoms with Crippen molar-refractivity contribution in [3.05, 3.63) is 12.4 Å². The van der Waals surface area contributed by atoms with Gasteiger partial charge in [-0.05, 0) is 33.6 Å². The van der Waals surface area contributed by atoms with E-state index in [1.54, 1.807) is 13.0 Å². The Balaban J connectivity index is 2.37. The zero-order chi connectivity index (χ0) is 12.7. The maximum Gasteiger partial charge on any atom is 0.218 e. The molecule has 96 valence electrons. The second kappa shape index (κ2) is 7.06. The molecule has 1 aromatic rings. The number of anilines is 1. The average molecular weight is 239 g/mol. The molecule has 0 aromatic carbocycles. The van der Waals surface area contributed by atoms with Crippen molar-refractivity contribution in [3.63, 3.8) is 0 Å². The second-order valence-corrected chi connectivity index (χ2v) is 4.33. The molecule has 0 bridgehead atoms. The van der Waals surface area contributed by atoms with E-state index in [0.29, 0.717) is 5.88 Å². The number of nitrogens with one attached hydrogen (secondary N) is 1. The van der Waals surface area contributed by atoms with Crippen molar-refractivity contribution in [1.82, 2.24) is 9.97 Å². The monoisotopic (exact) mass is 239 g/mol. The summed E-state index contributed by atoms with van der Waals surface area (Å²) in [5.74, 6) is 1.33. The Morgan fingerprint density at radius 1 is 1.35 bits per heavy atom. The molecular weight excluding hydrogens is 218 g/mol. The van der Waals surface area contributed by atoms with Gasteiger partial charge in [0.25, 0.3) is 0 Å². The smallest absolute Gasteiger partial charge is 0.218 e. The van der Waals surface area contributed by atoms with Crippen molar-refractivity contribution in [2.24, 2.45) is 0 Å². The molecule has 1 atom stereocenters. The Morgan fingerprint density at radius 3 is 2.76 bits per heavy atom. The van der Waals surface area contributed by atoms with Gasteiger partial charge in [-0.15, -0.1) is 0 Å². The van der Waals surface area contributed by atoms with E-state index in [2.05, 4.69) is 15.3 Å². The molecule has 0 aliphatic rings. The molecule has 0 spiro atoms. The van der Waals surface area contributed by atoms with Crippen molar-refractivity contribution in [2.75, 3.05) is 11.9 Å². The fourth-order valence-corrected chi connectivity index (χ4v) is 1.36. The molecule has 0 radical (unpaired) electrons. The molecule has 0 amide bonds. The number of aromatic nitrogens is 2. The zero-order valence-electron chi connectivity index (χ0n) is 10.7. The topological polar surface area (TPSA) is 67.3 Å². The van der Waals surface area contributed by atoms with Gasteiger partial charge in [0, 0.05) is 12.6 Å². The first kappa shape index (κ1) is 13.7. The minimum absolute atomic E-state index is 0.105. The van der Waals surface area contributed by atoms with Gasteiger partial charge in [-0.1, -0.05) is 0 Å². The highest BCUT2D eigenvalue weighted by molar-refractivity contribution is 5.36. The number of ether oxygens (including phenoxy) is 1. The SMILES string of the molecule is CC(O)CCCNc1cc(OC(C)C)ncn1. The number of nitrogens with zero attached hydrogens (tertiary/aromatic N) is 2. The molecule has 0 aliphatic carbocycles. The van der Waals surface area contributed by atoms with E-state index in [4.69, 9.17) is 9.84 Å². The van der Waals surface area contributed by atoms with E-state index >= 15 is 0 Å². The van der Waals surface area contributed by atoms with Crippen LogP contribution in [0.1, 0.15) is 33.6 Å². The van der Waals surface area contributed by atoms with Gasteiger partial charge in [-0.25, -0.2) is 9.97 Å². The molecule has 1 aromatic heterocycles. The van der Waals surface area contributed by atoms with Crippen LogP contribution in [0.4, 0.5) is 5.82 Å². The van der Waals surface area contributed by atoms with Crippen LogP contribution in [0.3, 0.4) is 0 Å². The van der Waals surface area contributed by atoms with Gasteiger partial charge in [0.05, 0.1) is 12.2 Å². The summed E-state index contributed by atoms with van der Waals surface area (Å²) in [6.45, 7) is 6.48. The Labute approximate surface area is 102 Å². The Morgan fingerprint density at radius 2 is 2.12 bits per heavy atom. The zero-order valence-corrected chi connectivity index (χ0v) is 10.7. The standard InChI is InChI=1S/C12H21N3O2/c1-9(2)17-12-7-11(14-8-15-12)13-6-4-5-10(3)16/h7-10,16H,4-6H2,1-3H3,(H,13,14,15). The van der Waals surface area contributed by atoms with Crippen molar-refractivity contribution in [2.45, 2.75) is 45.8 Å². The van der Waals surface area contributed by atoms with Crippen molar-refractivity contribution < 1.29 is 9.84 Å². The number of hydrogen-bond acceptors (Lipinski definition) is 5.